The van der Waals surface area contributed by atoms with Crippen molar-refractivity contribution in [3.8, 4) is 0 Å². The Balaban J connectivity index is 6.48. The van der Waals surface area contributed by atoms with Crippen LogP contribution in [0.25, 0.3) is 0 Å². The van der Waals surface area contributed by atoms with Gasteiger partial charge >= 0.3 is 25.9 Å². The summed E-state index contributed by atoms with van der Waals surface area (Å²) in [5.41, 5.74) is 0. The SMILES string of the molecule is CCOP(C)(=O)C(C)[Si](C)(O[Si](C)(C)O[Si](C)(C)C)O[Si](C)(O[Si](C)(C)C)O[Si](C)(C)C. The van der Waals surface area contributed by atoms with Crippen LogP contribution in [0, 0.1) is 0 Å². The molecule has 0 amide bonds. The van der Waals surface area contributed by atoms with E-state index in [1.807, 2.05) is 40.0 Å². The molecule has 0 aromatic rings. The van der Waals surface area contributed by atoms with Gasteiger partial charge in [0.05, 0.1) is 11.9 Å². The first kappa shape index (κ1) is 33.3. The second-order valence-electron chi connectivity index (χ2n) is 12.1. The zero-order valence-electron chi connectivity index (χ0n) is 23.6. The van der Waals surface area contributed by atoms with Crippen LogP contribution < -0.4 is 0 Å². The third-order valence-corrected chi connectivity index (χ3v) is 29.7. The van der Waals surface area contributed by atoms with Crippen LogP contribution in [0.5, 0.6) is 0 Å². The number of hydrogen-bond acceptors (Lipinski definition) is 7. The molecule has 0 aliphatic carbocycles. The van der Waals surface area contributed by atoms with E-state index in [4.69, 9.17) is 25.1 Å². The molecular formula is C18H51O7PSi6. The minimum Gasteiger partial charge on any atom is -0.437 e. The summed E-state index contributed by atoms with van der Waals surface area (Å²) in [5, 5.41) is -0.408. The fraction of sp³-hybridized carbons (Fsp3) is 1.00. The normalized spacial score (nSPS) is 19.4. The average Bonchev–Trinajstić information content (AvgIpc) is 2.37. The van der Waals surface area contributed by atoms with E-state index in [9.17, 15) is 4.57 Å². The summed E-state index contributed by atoms with van der Waals surface area (Å²) >= 11 is 0. The fourth-order valence-electron chi connectivity index (χ4n) is 3.77. The molecule has 0 N–H and O–H groups in total. The molecule has 3 unspecified atom stereocenters. The summed E-state index contributed by atoms with van der Waals surface area (Å²) in [5.74, 6) is 0. The molecule has 14 heteroatoms. The maximum Gasteiger partial charge on any atom is 0.467 e. The van der Waals surface area contributed by atoms with Gasteiger partial charge in [-0.25, -0.2) is 0 Å². The molecule has 3 atom stereocenters. The van der Waals surface area contributed by atoms with Crippen LogP contribution in [0.3, 0.4) is 0 Å². The van der Waals surface area contributed by atoms with Crippen LogP contribution in [0.2, 0.25) is 85.1 Å². The highest BCUT2D eigenvalue weighted by molar-refractivity contribution is 7.61. The zero-order valence-corrected chi connectivity index (χ0v) is 30.5. The molecule has 0 aromatic heterocycles. The molecule has 0 rings (SSSR count). The molecule has 0 fully saturated rings. The lowest BCUT2D eigenvalue weighted by Gasteiger charge is -2.47. The topological polar surface area (TPSA) is 72.5 Å². The fourth-order valence-corrected chi connectivity index (χ4v) is 34.8. The van der Waals surface area contributed by atoms with Crippen LogP contribution in [0.15, 0.2) is 0 Å². The van der Waals surface area contributed by atoms with Crippen molar-refractivity contribution >= 4 is 58.2 Å². The van der Waals surface area contributed by atoms with Gasteiger partial charge in [0.25, 0.3) is 0 Å². The van der Waals surface area contributed by atoms with E-state index >= 15 is 0 Å². The second-order valence-corrected chi connectivity index (χ2v) is 39.6. The van der Waals surface area contributed by atoms with Gasteiger partial charge in [-0.15, -0.1) is 0 Å². The Morgan fingerprint density at radius 2 is 1.03 bits per heavy atom. The van der Waals surface area contributed by atoms with Gasteiger partial charge in [0.15, 0.2) is 25.0 Å². The summed E-state index contributed by atoms with van der Waals surface area (Å²) in [7, 11) is -17.7. The standard InChI is InChI=1S/C18H51O7PSi6/c1-17-20-26(3,19)18(2)31(15,24-30(13,14)21-27(4,5)6)25-32(16,22-28(7,8)9)23-29(10,11)12/h18H,17H2,1-16H3. The molecule has 0 heterocycles. The number of rotatable bonds is 14. The van der Waals surface area contributed by atoms with E-state index < -0.39 is 63.5 Å². The van der Waals surface area contributed by atoms with Gasteiger partial charge in [-0.2, -0.15) is 0 Å². The molecular weight excluding hydrogens is 528 g/mol. The van der Waals surface area contributed by atoms with Crippen LogP contribution in [0.1, 0.15) is 13.8 Å². The van der Waals surface area contributed by atoms with E-state index in [0.717, 1.165) is 0 Å². The van der Waals surface area contributed by atoms with Crippen molar-refractivity contribution in [1.82, 2.24) is 0 Å². The zero-order chi connectivity index (χ0) is 26.0. The molecule has 32 heavy (non-hydrogen) atoms. The van der Waals surface area contributed by atoms with Crippen molar-refractivity contribution in [1.29, 1.82) is 0 Å². The maximum absolute atomic E-state index is 13.6. The Bertz CT molecular complexity index is 644. The molecule has 0 spiro atoms. The summed E-state index contributed by atoms with van der Waals surface area (Å²) in [4.78, 5) is 0. The minimum atomic E-state index is -3.17. The summed E-state index contributed by atoms with van der Waals surface area (Å²) in [6, 6.07) is 0. The smallest absolute Gasteiger partial charge is 0.437 e. The largest absolute Gasteiger partial charge is 0.467 e. The predicted molar refractivity (Wildman–Crippen MR) is 151 cm³/mol. The number of hydrogen-bond donors (Lipinski definition) is 0. The molecule has 0 saturated heterocycles. The highest BCUT2D eigenvalue weighted by Crippen LogP contribution is 2.52. The average molecular weight is 579 g/mol. The van der Waals surface area contributed by atoms with E-state index in [0.29, 0.717) is 6.61 Å². The van der Waals surface area contributed by atoms with Gasteiger partial charge in [0, 0.05) is 13.2 Å². The Kier molecular flexibility index (Phi) is 11.6. The summed E-state index contributed by atoms with van der Waals surface area (Å²) in [6.45, 7) is 33.2. The van der Waals surface area contributed by atoms with Gasteiger partial charge in [-0.1, -0.05) is 6.92 Å². The highest BCUT2D eigenvalue weighted by Gasteiger charge is 2.57. The molecule has 194 valence electrons. The van der Waals surface area contributed by atoms with Crippen LogP contribution in [0.4, 0.5) is 0 Å². The third kappa shape index (κ3) is 12.8. The Labute approximate surface area is 205 Å². The quantitative estimate of drug-likeness (QED) is 0.166. The van der Waals surface area contributed by atoms with Crippen molar-refractivity contribution in [3.05, 3.63) is 0 Å². The summed E-state index contributed by atoms with van der Waals surface area (Å²) in [6.07, 6.45) is 0. The molecule has 0 aliphatic rings. The van der Waals surface area contributed by atoms with Gasteiger partial charge in [0.1, 0.15) is 0 Å². The minimum absolute atomic E-state index is 0.375. The van der Waals surface area contributed by atoms with Gasteiger partial charge in [-0.05, 0) is 85.5 Å². The van der Waals surface area contributed by atoms with E-state index in [1.165, 1.54) is 0 Å². The Hall–Kier alpha value is 1.29. The van der Waals surface area contributed by atoms with Crippen LogP contribution in [-0.2, 0) is 29.7 Å². The first-order chi connectivity index (χ1) is 13.8. The Morgan fingerprint density at radius 1 is 0.656 bits per heavy atom. The first-order valence-corrected chi connectivity index (χ1v) is 31.3. The van der Waals surface area contributed by atoms with E-state index in [1.54, 1.807) is 6.66 Å². The van der Waals surface area contributed by atoms with Gasteiger partial charge in [0.2, 0.25) is 7.37 Å². The highest BCUT2D eigenvalue weighted by atomic mass is 31.2. The lowest BCUT2D eigenvalue weighted by Crippen LogP contribution is -2.66. The van der Waals surface area contributed by atoms with E-state index in [2.05, 4.69) is 58.9 Å². The molecule has 0 bridgehead atoms. The van der Waals surface area contributed by atoms with Crippen molar-refractivity contribution < 1.29 is 29.7 Å². The van der Waals surface area contributed by atoms with Crippen molar-refractivity contribution in [2.45, 2.75) is 104 Å². The van der Waals surface area contributed by atoms with Crippen molar-refractivity contribution in [2.75, 3.05) is 13.3 Å². The van der Waals surface area contributed by atoms with E-state index in [-0.39, 0.29) is 0 Å². The monoisotopic (exact) mass is 578 g/mol. The lowest BCUT2D eigenvalue weighted by atomic mass is 10.9. The lowest BCUT2D eigenvalue weighted by molar-refractivity contribution is 0.221. The summed E-state index contributed by atoms with van der Waals surface area (Å²) < 4.78 is 52.8. The van der Waals surface area contributed by atoms with Crippen molar-refractivity contribution in [3.63, 3.8) is 0 Å². The van der Waals surface area contributed by atoms with Crippen LogP contribution in [-0.4, -0.2) is 69.4 Å². The van der Waals surface area contributed by atoms with Crippen LogP contribution >= 0.6 is 7.37 Å². The maximum atomic E-state index is 13.6. The van der Waals surface area contributed by atoms with Gasteiger partial charge < -0.3 is 25.1 Å². The van der Waals surface area contributed by atoms with Gasteiger partial charge in [-0.3, -0.25) is 4.57 Å². The Morgan fingerprint density at radius 3 is 1.34 bits per heavy atom. The molecule has 0 aromatic carbocycles. The van der Waals surface area contributed by atoms with Crippen molar-refractivity contribution in [2.24, 2.45) is 0 Å². The molecule has 0 aliphatic heterocycles. The second kappa shape index (κ2) is 11.1. The third-order valence-electron chi connectivity index (χ3n) is 4.22. The first-order valence-electron chi connectivity index (χ1n) is 11.5. The molecule has 0 saturated carbocycles. The molecule has 0 radical (unpaired) electrons. The molecule has 7 nitrogen and oxygen atoms in total. The predicted octanol–water partition coefficient (Wildman–Crippen LogP) is 6.79.